The number of hydrogen-bond donors (Lipinski definition) is 1. The molecule has 0 aliphatic carbocycles. The first-order chi connectivity index (χ1) is 15.0. The lowest BCUT2D eigenvalue weighted by molar-refractivity contribution is -0.139. The van der Waals surface area contributed by atoms with Gasteiger partial charge >= 0.3 is 0 Å². The van der Waals surface area contributed by atoms with Crippen molar-refractivity contribution in [2.75, 3.05) is 23.7 Å². The minimum Gasteiger partial charge on any atom is -0.354 e. The fraction of sp³-hybridized carbons (Fsp3) is 0.364. The van der Waals surface area contributed by atoms with Gasteiger partial charge in [-0.1, -0.05) is 36.7 Å². The van der Waals surface area contributed by atoms with Gasteiger partial charge in [0.25, 0.3) is 0 Å². The van der Waals surface area contributed by atoms with Gasteiger partial charge in [0.05, 0.1) is 11.9 Å². The topological polar surface area (TPSA) is 86.8 Å². The molecule has 0 saturated heterocycles. The lowest BCUT2D eigenvalue weighted by Crippen LogP contribution is -2.51. The lowest BCUT2D eigenvalue weighted by atomic mass is 10.1. The molecule has 0 bridgehead atoms. The molecule has 0 fully saturated rings. The van der Waals surface area contributed by atoms with Crippen LogP contribution >= 0.6 is 11.6 Å². The number of anilines is 1. The molecule has 2 aromatic carbocycles. The van der Waals surface area contributed by atoms with E-state index < -0.39 is 34.3 Å². The normalized spacial score (nSPS) is 12.2. The summed E-state index contributed by atoms with van der Waals surface area (Å²) >= 11 is 6.25. The van der Waals surface area contributed by atoms with Crippen LogP contribution in [0.25, 0.3) is 0 Å². The van der Waals surface area contributed by atoms with Crippen molar-refractivity contribution in [3.63, 3.8) is 0 Å². The van der Waals surface area contributed by atoms with Crippen molar-refractivity contribution >= 4 is 39.1 Å². The molecule has 0 aromatic heterocycles. The number of amides is 2. The van der Waals surface area contributed by atoms with Gasteiger partial charge in [-0.3, -0.25) is 13.9 Å². The van der Waals surface area contributed by atoms with Crippen molar-refractivity contribution in [1.82, 2.24) is 10.2 Å². The Balaban J connectivity index is 2.37. The van der Waals surface area contributed by atoms with E-state index in [1.54, 1.807) is 31.2 Å². The van der Waals surface area contributed by atoms with E-state index in [1.165, 1.54) is 17.0 Å². The third-order valence-electron chi connectivity index (χ3n) is 4.81. The third kappa shape index (κ3) is 6.93. The van der Waals surface area contributed by atoms with Crippen LogP contribution < -0.4 is 9.62 Å². The van der Waals surface area contributed by atoms with Gasteiger partial charge in [-0.05, 0) is 49.2 Å². The summed E-state index contributed by atoms with van der Waals surface area (Å²) in [5.41, 5.74) is 0.758. The molecule has 0 spiro atoms. The van der Waals surface area contributed by atoms with E-state index in [4.69, 9.17) is 11.6 Å². The summed E-state index contributed by atoms with van der Waals surface area (Å²) in [7, 11) is -3.86. The molecule has 2 amide bonds. The highest BCUT2D eigenvalue weighted by molar-refractivity contribution is 7.92. The number of hydrogen-bond acceptors (Lipinski definition) is 4. The number of sulfonamides is 1. The number of nitrogens with one attached hydrogen (secondary N) is 1. The molecule has 0 radical (unpaired) electrons. The van der Waals surface area contributed by atoms with Crippen LogP contribution in [0, 0.1) is 5.82 Å². The summed E-state index contributed by atoms with van der Waals surface area (Å²) in [6, 6.07) is 10.8. The lowest BCUT2D eigenvalue weighted by Gasteiger charge is -2.31. The Bertz CT molecular complexity index is 1050. The molecule has 10 heteroatoms. The van der Waals surface area contributed by atoms with Gasteiger partial charge in [-0.15, -0.1) is 0 Å². The second-order valence-electron chi connectivity index (χ2n) is 7.33. The molecule has 7 nitrogen and oxygen atoms in total. The van der Waals surface area contributed by atoms with Gasteiger partial charge in [0, 0.05) is 18.1 Å². The fourth-order valence-electron chi connectivity index (χ4n) is 3.01. The smallest absolute Gasteiger partial charge is 0.244 e. The highest BCUT2D eigenvalue weighted by Gasteiger charge is 2.30. The Labute approximate surface area is 193 Å². The molecule has 0 heterocycles. The zero-order valence-corrected chi connectivity index (χ0v) is 19.8. The molecule has 174 valence electrons. The highest BCUT2D eigenvalue weighted by Crippen LogP contribution is 2.21. The van der Waals surface area contributed by atoms with Gasteiger partial charge in [0.2, 0.25) is 21.8 Å². The van der Waals surface area contributed by atoms with Crippen LogP contribution in [0.15, 0.2) is 48.5 Å². The van der Waals surface area contributed by atoms with Gasteiger partial charge < -0.3 is 10.2 Å². The van der Waals surface area contributed by atoms with Crippen LogP contribution in [0.5, 0.6) is 0 Å². The molecule has 0 aliphatic rings. The summed E-state index contributed by atoms with van der Waals surface area (Å²) in [5, 5.41) is 3.17. The molecular formula is C22H27ClFN3O4S. The summed E-state index contributed by atoms with van der Waals surface area (Å²) < 4.78 is 39.0. The van der Waals surface area contributed by atoms with Crippen LogP contribution in [0.1, 0.15) is 25.8 Å². The van der Waals surface area contributed by atoms with Gasteiger partial charge in [0.15, 0.2) is 0 Å². The zero-order valence-electron chi connectivity index (χ0n) is 18.2. The maximum atomic E-state index is 13.3. The predicted octanol–water partition coefficient (Wildman–Crippen LogP) is 3.19. The van der Waals surface area contributed by atoms with Crippen LogP contribution in [-0.2, 0) is 26.2 Å². The molecule has 32 heavy (non-hydrogen) atoms. The van der Waals surface area contributed by atoms with E-state index in [0.29, 0.717) is 17.1 Å². The monoisotopic (exact) mass is 483 g/mol. The fourth-order valence-corrected chi connectivity index (χ4v) is 4.05. The Morgan fingerprint density at radius 2 is 1.75 bits per heavy atom. The average Bonchev–Trinajstić information content (AvgIpc) is 2.74. The minimum atomic E-state index is -3.86. The summed E-state index contributed by atoms with van der Waals surface area (Å²) in [5.74, 6) is -1.49. The largest absolute Gasteiger partial charge is 0.354 e. The number of nitrogens with zero attached hydrogens (tertiary/aromatic N) is 2. The summed E-state index contributed by atoms with van der Waals surface area (Å²) in [6.45, 7) is 3.38. The van der Waals surface area contributed by atoms with Crippen LogP contribution in [0.2, 0.25) is 5.02 Å². The van der Waals surface area contributed by atoms with E-state index >= 15 is 0 Å². The molecule has 2 aromatic rings. The molecule has 2 rings (SSSR count). The number of halogens is 2. The molecule has 1 N–H and O–H groups in total. The first kappa shape index (κ1) is 25.6. The van der Waals surface area contributed by atoms with E-state index in [0.717, 1.165) is 29.1 Å². The molecule has 0 unspecified atom stereocenters. The molecule has 0 saturated carbocycles. The first-order valence-corrected chi connectivity index (χ1v) is 12.3. The average molecular weight is 484 g/mol. The Kier molecular flexibility index (Phi) is 9.03. The summed E-state index contributed by atoms with van der Waals surface area (Å²) in [6.07, 6.45) is 1.68. The van der Waals surface area contributed by atoms with E-state index in [2.05, 4.69) is 5.32 Å². The van der Waals surface area contributed by atoms with E-state index in [-0.39, 0.29) is 18.1 Å². The van der Waals surface area contributed by atoms with Crippen LogP contribution in [-0.4, -0.2) is 50.5 Å². The zero-order chi connectivity index (χ0) is 23.9. The Morgan fingerprint density at radius 1 is 1.12 bits per heavy atom. The van der Waals surface area contributed by atoms with E-state index in [1.807, 2.05) is 6.92 Å². The standard InChI is InChI=1S/C22H27ClFN3O4S/c1-4-13-25-22(29)16(2)26(14-17-7-5-6-8-20(17)23)21(28)15-27(32(3,30)31)19-11-9-18(24)10-12-19/h5-12,16H,4,13-15H2,1-3H3,(H,25,29)/t16-/m0/s1. The third-order valence-corrected chi connectivity index (χ3v) is 6.32. The number of carbonyl (C=O) groups is 2. The van der Waals surface area contributed by atoms with Crippen molar-refractivity contribution in [2.24, 2.45) is 0 Å². The predicted molar refractivity (Wildman–Crippen MR) is 123 cm³/mol. The van der Waals surface area contributed by atoms with Gasteiger partial charge in [0.1, 0.15) is 18.4 Å². The quantitative estimate of drug-likeness (QED) is 0.562. The van der Waals surface area contributed by atoms with Crippen molar-refractivity contribution in [3.05, 3.63) is 64.9 Å². The molecule has 1 atom stereocenters. The van der Waals surface area contributed by atoms with Crippen molar-refractivity contribution in [3.8, 4) is 0 Å². The first-order valence-electron chi connectivity index (χ1n) is 10.1. The second kappa shape index (κ2) is 11.3. The maximum absolute atomic E-state index is 13.3. The Morgan fingerprint density at radius 3 is 2.31 bits per heavy atom. The van der Waals surface area contributed by atoms with Crippen LogP contribution in [0.3, 0.4) is 0 Å². The second-order valence-corrected chi connectivity index (χ2v) is 9.64. The van der Waals surface area contributed by atoms with Crippen LogP contribution in [0.4, 0.5) is 10.1 Å². The number of rotatable bonds is 10. The maximum Gasteiger partial charge on any atom is 0.244 e. The minimum absolute atomic E-state index is 0.0141. The van der Waals surface area contributed by atoms with Crippen molar-refractivity contribution in [1.29, 1.82) is 0 Å². The number of benzene rings is 2. The van der Waals surface area contributed by atoms with Crippen molar-refractivity contribution in [2.45, 2.75) is 32.9 Å². The Hall–Kier alpha value is -2.65. The SMILES string of the molecule is CCCNC(=O)[C@H](C)N(Cc1ccccc1Cl)C(=O)CN(c1ccc(F)cc1)S(C)(=O)=O. The van der Waals surface area contributed by atoms with E-state index in [9.17, 15) is 22.4 Å². The molecular weight excluding hydrogens is 457 g/mol. The highest BCUT2D eigenvalue weighted by atomic mass is 35.5. The molecule has 0 aliphatic heterocycles. The number of carbonyl (C=O) groups excluding carboxylic acids is 2. The van der Waals surface area contributed by atoms with Gasteiger partial charge in [-0.2, -0.15) is 0 Å². The summed E-state index contributed by atoms with van der Waals surface area (Å²) in [4.78, 5) is 27.2. The van der Waals surface area contributed by atoms with Gasteiger partial charge in [-0.25, -0.2) is 12.8 Å². The van der Waals surface area contributed by atoms with Crippen molar-refractivity contribution < 1.29 is 22.4 Å².